The summed E-state index contributed by atoms with van der Waals surface area (Å²) in [6.45, 7) is 3.04. The molecule has 1 atom stereocenters. The highest BCUT2D eigenvalue weighted by Gasteiger charge is 2.14. The van der Waals surface area contributed by atoms with E-state index in [0.29, 0.717) is 25.4 Å². The maximum Gasteiger partial charge on any atom is 0.163 e. The lowest BCUT2D eigenvalue weighted by atomic mass is 10.0. The number of pyridine rings is 1. The third-order valence-electron chi connectivity index (χ3n) is 4.94. The van der Waals surface area contributed by atoms with E-state index in [1.807, 2.05) is 53.4 Å². The fraction of sp³-hybridized carbons (Fsp3) is 0.261. The zero-order chi connectivity index (χ0) is 20.9. The van der Waals surface area contributed by atoms with Crippen molar-refractivity contribution >= 4 is 22.8 Å². The van der Waals surface area contributed by atoms with Gasteiger partial charge in [0.2, 0.25) is 0 Å². The average Bonchev–Trinajstić information content (AvgIpc) is 3.45. The van der Waals surface area contributed by atoms with Gasteiger partial charge in [-0.2, -0.15) is 0 Å². The molecule has 0 aliphatic rings. The molecule has 4 heterocycles. The molecular weight excluding hydrogens is 380 g/mol. The van der Waals surface area contributed by atoms with Gasteiger partial charge in [-0.3, -0.25) is 9.78 Å². The van der Waals surface area contributed by atoms with E-state index in [-0.39, 0.29) is 11.8 Å². The second kappa shape index (κ2) is 8.68. The molecule has 148 valence electrons. The summed E-state index contributed by atoms with van der Waals surface area (Å²) < 4.78 is 9.18. The number of nitrogens with zero attached hydrogens (tertiary/aromatic N) is 3. The highest BCUT2D eigenvalue weighted by Crippen LogP contribution is 2.28. The topological polar surface area (TPSA) is 59.3 Å². The monoisotopic (exact) mass is 406 g/mol. The molecule has 0 unspecified atom stereocenters. The Morgan fingerprint density at radius 2 is 2.17 bits per heavy atom. The summed E-state index contributed by atoms with van der Waals surface area (Å²) >= 11 is 1.66. The molecule has 0 spiro atoms. The van der Waals surface area contributed by atoms with Crippen molar-refractivity contribution in [2.75, 3.05) is 6.54 Å². The predicted molar refractivity (Wildman–Crippen MR) is 118 cm³/mol. The third-order valence-corrected chi connectivity index (χ3v) is 5.83. The Labute approximate surface area is 175 Å². The summed E-state index contributed by atoms with van der Waals surface area (Å²) in [5, 5.41) is 5.29. The molecule has 0 saturated carbocycles. The van der Waals surface area contributed by atoms with Gasteiger partial charge >= 0.3 is 0 Å². The van der Waals surface area contributed by atoms with E-state index in [2.05, 4.69) is 16.4 Å². The number of aromatic nitrogens is 3. The van der Waals surface area contributed by atoms with Crippen LogP contribution in [0.25, 0.3) is 27.5 Å². The van der Waals surface area contributed by atoms with E-state index in [9.17, 15) is 4.79 Å². The lowest BCUT2D eigenvalue weighted by Gasteiger charge is -2.11. The van der Waals surface area contributed by atoms with Gasteiger partial charge in [-0.25, -0.2) is 4.98 Å². The minimum atomic E-state index is 0.105. The average molecular weight is 407 g/mol. The number of carbonyl (C=O) groups is 1. The van der Waals surface area contributed by atoms with Gasteiger partial charge in [0.05, 0.1) is 16.3 Å². The molecule has 29 heavy (non-hydrogen) atoms. The van der Waals surface area contributed by atoms with Crippen molar-refractivity contribution in [2.24, 2.45) is 0 Å². The molecule has 0 amide bonds. The van der Waals surface area contributed by atoms with E-state index < -0.39 is 0 Å². The SMILES string of the molecule is [3H]CCN[C@@H](C)CCC(=O)c1ccnc(-c2ccn3ccc(-c4cccs4)nc23)c1. The largest absolute Gasteiger partial charge is 0.315 e. The first-order valence-corrected chi connectivity index (χ1v) is 10.6. The van der Waals surface area contributed by atoms with Crippen molar-refractivity contribution in [3.8, 4) is 21.8 Å². The van der Waals surface area contributed by atoms with Crippen LogP contribution >= 0.6 is 11.3 Å². The number of thiophene rings is 1. The van der Waals surface area contributed by atoms with Crippen molar-refractivity contribution in [3.63, 3.8) is 0 Å². The molecule has 6 heteroatoms. The van der Waals surface area contributed by atoms with Crippen molar-refractivity contribution < 1.29 is 6.17 Å². The molecule has 4 aromatic rings. The predicted octanol–water partition coefficient (Wildman–Crippen LogP) is 5.09. The summed E-state index contributed by atoms with van der Waals surface area (Å²) in [5.74, 6) is 0.105. The molecule has 4 aromatic heterocycles. The number of hydrogen-bond acceptors (Lipinski definition) is 5. The van der Waals surface area contributed by atoms with Gasteiger partial charge in [-0.05, 0) is 55.6 Å². The highest BCUT2D eigenvalue weighted by atomic mass is 32.1. The zero-order valence-corrected chi connectivity index (χ0v) is 17.2. The van der Waals surface area contributed by atoms with Crippen molar-refractivity contribution in [2.45, 2.75) is 32.7 Å². The van der Waals surface area contributed by atoms with Crippen LogP contribution in [0, 0.1) is 0 Å². The van der Waals surface area contributed by atoms with Gasteiger partial charge in [0.15, 0.2) is 5.78 Å². The minimum Gasteiger partial charge on any atom is -0.315 e. The number of Topliss-reactive ketones (excluding diaryl/α,β-unsaturated/α-hetero) is 1. The number of fused-ring (bicyclic) bond motifs is 1. The second-order valence-corrected chi connectivity index (χ2v) is 7.94. The Morgan fingerprint density at radius 3 is 3.00 bits per heavy atom. The number of nitrogens with one attached hydrogen (secondary N) is 1. The lowest BCUT2D eigenvalue weighted by molar-refractivity contribution is 0.0976. The van der Waals surface area contributed by atoms with Crippen LogP contribution in [-0.2, 0) is 0 Å². The molecular formula is C23H24N4OS. The van der Waals surface area contributed by atoms with Gasteiger partial charge in [0.1, 0.15) is 5.65 Å². The fourth-order valence-electron chi connectivity index (χ4n) is 3.33. The maximum absolute atomic E-state index is 12.7. The third kappa shape index (κ3) is 4.28. The fourth-order valence-corrected chi connectivity index (χ4v) is 4.03. The quantitative estimate of drug-likeness (QED) is 0.414. The van der Waals surface area contributed by atoms with E-state index in [0.717, 1.165) is 33.9 Å². The Balaban J connectivity index is 1.57. The molecule has 1 N–H and O–H groups in total. The molecule has 0 bridgehead atoms. The number of carbonyl (C=O) groups excluding carboxylic acids is 1. The van der Waals surface area contributed by atoms with Crippen molar-refractivity contribution in [1.82, 2.24) is 19.7 Å². The summed E-state index contributed by atoms with van der Waals surface area (Å²) in [7, 11) is 0. The van der Waals surface area contributed by atoms with E-state index in [1.54, 1.807) is 23.6 Å². The highest BCUT2D eigenvalue weighted by molar-refractivity contribution is 7.13. The van der Waals surface area contributed by atoms with Crippen LogP contribution in [-0.4, -0.2) is 32.7 Å². The molecule has 5 nitrogen and oxygen atoms in total. The Bertz CT molecular complexity index is 1140. The zero-order valence-electron chi connectivity index (χ0n) is 17.3. The van der Waals surface area contributed by atoms with Gasteiger partial charge in [-0.15, -0.1) is 11.3 Å². The smallest absolute Gasteiger partial charge is 0.163 e. The van der Waals surface area contributed by atoms with Gasteiger partial charge in [0.25, 0.3) is 0 Å². The van der Waals surface area contributed by atoms with Crippen LogP contribution in [0.5, 0.6) is 0 Å². The standard InChI is InChI=1S/C23H24N4OS/c1-3-24-16(2)6-7-21(28)17-8-11-25-20(15-17)18-9-12-27-13-10-19(26-23(18)27)22-5-4-14-29-22/h4-5,8-16,24H,3,6-7H2,1-2H3/t16-/m0/s1/i1T. The summed E-state index contributed by atoms with van der Waals surface area (Å²) in [6, 6.07) is 11.9. The van der Waals surface area contributed by atoms with Gasteiger partial charge in [-0.1, -0.05) is 13.0 Å². The van der Waals surface area contributed by atoms with Crippen LogP contribution in [0.4, 0.5) is 0 Å². The van der Waals surface area contributed by atoms with Crippen LogP contribution in [0.15, 0.2) is 60.4 Å². The molecule has 4 rings (SSSR count). The Hall–Kier alpha value is -2.83. The van der Waals surface area contributed by atoms with E-state index >= 15 is 0 Å². The summed E-state index contributed by atoms with van der Waals surface area (Å²) in [5.41, 5.74) is 4.08. The number of ketones is 1. The van der Waals surface area contributed by atoms with Gasteiger partial charge in [0, 0.05) is 43.6 Å². The maximum atomic E-state index is 12.7. The molecule has 0 aliphatic heterocycles. The summed E-state index contributed by atoms with van der Waals surface area (Å²) in [6.07, 6.45) is 6.87. The first-order valence-electron chi connectivity index (χ1n) is 10.4. The molecule has 0 radical (unpaired) electrons. The van der Waals surface area contributed by atoms with Crippen molar-refractivity contribution in [3.05, 3.63) is 65.9 Å². The molecule has 0 fully saturated rings. The van der Waals surface area contributed by atoms with E-state index in [1.165, 1.54) is 0 Å². The first kappa shape index (κ1) is 18.2. The van der Waals surface area contributed by atoms with Crippen molar-refractivity contribution in [1.29, 1.82) is 0 Å². The Morgan fingerprint density at radius 1 is 1.28 bits per heavy atom. The summed E-state index contributed by atoms with van der Waals surface area (Å²) in [4.78, 5) is 23.2. The minimum absolute atomic E-state index is 0.105. The first-order chi connectivity index (χ1) is 14.7. The normalized spacial score (nSPS) is 12.8. The second-order valence-electron chi connectivity index (χ2n) is 7.00. The lowest BCUT2D eigenvalue weighted by Crippen LogP contribution is -2.26. The molecule has 0 saturated heterocycles. The van der Waals surface area contributed by atoms with Crippen LogP contribution < -0.4 is 5.32 Å². The van der Waals surface area contributed by atoms with Gasteiger partial charge < -0.3 is 9.72 Å². The molecule has 0 aliphatic carbocycles. The molecule has 0 aromatic carbocycles. The number of rotatable bonds is 8. The number of hydrogen-bond donors (Lipinski definition) is 1. The Kier molecular flexibility index (Phi) is 5.45. The van der Waals surface area contributed by atoms with E-state index in [4.69, 9.17) is 6.35 Å². The van der Waals surface area contributed by atoms with Crippen LogP contribution in [0.3, 0.4) is 0 Å². The van der Waals surface area contributed by atoms with Crippen LogP contribution in [0.1, 0.15) is 38.4 Å². The van der Waals surface area contributed by atoms with Crippen LogP contribution in [0.2, 0.25) is 0 Å².